The van der Waals surface area contributed by atoms with Gasteiger partial charge in [-0.25, -0.2) is 15.0 Å². The molecule has 2 heterocycles. The van der Waals surface area contributed by atoms with Crippen LogP contribution in [0.1, 0.15) is 22.3 Å². The molecular formula is C46H28N4. The highest BCUT2D eigenvalue weighted by atomic mass is 15.0. The second kappa shape index (κ2) is 10.2. The molecule has 0 saturated heterocycles. The lowest BCUT2D eigenvalue weighted by Crippen LogP contribution is -2.26. The van der Waals surface area contributed by atoms with Crippen LogP contribution in [-0.4, -0.2) is 19.9 Å². The minimum Gasteiger partial charge on any atom is -0.354 e. The second-order valence-corrected chi connectivity index (χ2v) is 13.2. The van der Waals surface area contributed by atoms with E-state index in [1.54, 1.807) is 0 Å². The van der Waals surface area contributed by atoms with Crippen molar-refractivity contribution in [3.05, 3.63) is 186 Å². The molecule has 11 rings (SSSR count). The summed E-state index contributed by atoms with van der Waals surface area (Å²) in [7, 11) is 0. The molecule has 1 atom stereocenters. The first kappa shape index (κ1) is 27.3. The van der Waals surface area contributed by atoms with Gasteiger partial charge in [0.15, 0.2) is 17.5 Å². The van der Waals surface area contributed by atoms with E-state index in [4.69, 9.17) is 15.0 Å². The van der Waals surface area contributed by atoms with Gasteiger partial charge in [-0.15, -0.1) is 0 Å². The Hall–Kier alpha value is -6.65. The molecular weight excluding hydrogens is 609 g/mol. The third kappa shape index (κ3) is 3.57. The van der Waals surface area contributed by atoms with E-state index >= 15 is 0 Å². The molecule has 9 aromatic rings. The summed E-state index contributed by atoms with van der Waals surface area (Å²) in [6.07, 6.45) is 0. The van der Waals surface area contributed by atoms with Gasteiger partial charge in [0.05, 0.1) is 10.9 Å². The predicted molar refractivity (Wildman–Crippen MR) is 202 cm³/mol. The average molecular weight is 637 g/mol. The van der Waals surface area contributed by atoms with Crippen molar-refractivity contribution in [1.29, 1.82) is 0 Å². The van der Waals surface area contributed by atoms with Crippen LogP contribution in [-0.2, 0) is 5.41 Å². The summed E-state index contributed by atoms with van der Waals surface area (Å²) in [6.45, 7) is 0. The number of nitrogens with one attached hydrogen (secondary N) is 1. The molecule has 2 aromatic heterocycles. The van der Waals surface area contributed by atoms with Crippen LogP contribution in [0.25, 0.3) is 78.2 Å². The van der Waals surface area contributed by atoms with Gasteiger partial charge in [0.2, 0.25) is 0 Å². The summed E-state index contributed by atoms with van der Waals surface area (Å²) in [4.78, 5) is 19.3. The molecule has 0 amide bonds. The zero-order valence-corrected chi connectivity index (χ0v) is 26.9. The van der Waals surface area contributed by atoms with E-state index in [-0.39, 0.29) is 0 Å². The molecule has 0 bridgehead atoms. The normalized spacial score (nSPS) is 15.3. The van der Waals surface area contributed by atoms with Crippen LogP contribution in [0, 0.1) is 0 Å². The van der Waals surface area contributed by atoms with Gasteiger partial charge < -0.3 is 4.98 Å². The van der Waals surface area contributed by atoms with Crippen molar-refractivity contribution >= 4 is 21.8 Å². The van der Waals surface area contributed by atoms with Gasteiger partial charge in [-0.2, -0.15) is 0 Å². The summed E-state index contributed by atoms with van der Waals surface area (Å²) in [5.41, 5.74) is 14.8. The van der Waals surface area contributed by atoms with Gasteiger partial charge in [0.1, 0.15) is 0 Å². The predicted octanol–water partition coefficient (Wildman–Crippen LogP) is 10.9. The molecule has 0 radical (unpaired) electrons. The fourth-order valence-electron chi connectivity index (χ4n) is 8.72. The van der Waals surface area contributed by atoms with Crippen molar-refractivity contribution in [1.82, 2.24) is 19.9 Å². The summed E-state index contributed by atoms with van der Waals surface area (Å²) in [6, 6.07) is 58.2. The fraction of sp³-hybridized carbons (Fsp3) is 0.0217. The molecule has 4 nitrogen and oxygen atoms in total. The smallest absolute Gasteiger partial charge is 0.164 e. The van der Waals surface area contributed by atoms with Crippen molar-refractivity contribution < 1.29 is 0 Å². The quantitative estimate of drug-likeness (QED) is 0.210. The van der Waals surface area contributed by atoms with Gasteiger partial charge in [-0.3, -0.25) is 0 Å². The standard InChI is InChI=1S/C46H28N4/c1-3-14-28(15-4-1)43-48-44(29-16-5-2-6-17-29)50-45(49-43)35-21-13-24-38-40(35)34-20-8-11-23-37(34)46(38)36-22-10-7-18-30(36)32-26-27-33-31-19-9-12-25-39(31)47-42(33)41(32)46/h1-27,47H. The number of hydrogen-bond acceptors (Lipinski definition) is 3. The zero-order valence-electron chi connectivity index (χ0n) is 26.9. The van der Waals surface area contributed by atoms with Crippen molar-refractivity contribution in [2.24, 2.45) is 0 Å². The fourth-order valence-corrected chi connectivity index (χ4v) is 8.72. The van der Waals surface area contributed by atoms with Gasteiger partial charge >= 0.3 is 0 Å². The number of rotatable bonds is 3. The van der Waals surface area contributed by atoms with Crippen molar-refractivity contribution in [2.45, 2.75) is 5.41 Å². The summed E-state index contributed by atoms with van der Waals surface area (Å²) >= 11 is 0. The lowest BCUT2D eigenvalue weighted by Gasteiger charge is -2.31. The highest BCUT2D eigenvalue weighted by Gasteiger charge is 2.53. The third-order valence-electron chi connectivity index (χ3n) is 10.7. The van der Waals surface area contributed by atoms with Crippen LogP contribution in [0.4, 0.5) is 0 Å². The second-order valence-electron chi connectivity index (χ2n) is 13.2. The Morgan fingerprint density at radius 2 is 0.940 bits per heavy atom. The lowest BCUT2D eigenvalue weighted by atomic mass is 9.70. The summed E-state index contributed by atoms with van der Waals surface area (Å²) < 4.78 is 0. The van der Waals surface area contributed by atoms with Crippen LogP contribution in [0.2, 0.25) is 0 Å². The SMILES string of the molecule is c1ccc(-c2nc(-c3ccccc3)nc(-c3cccc4c3-c3ccccc3C43c4ccccc4-c4ccc5c([nH]c6ccccc65)c43)n2)cc1. The zero-order chi connectivity index (χ0) is 32.8. The topological polar surface area (TPSA) is 54.5 Å². The van der Waals surface area contributed by atoms with E-state index in [0.717, 1.165) is 22.2 Å². The van der Waals surface area contributed by atoms with Crippen LogP contribution in [0.5, 0.6) is 0 Å². The number of aromatic nitrogens is 4. The maximum Gasteiger partial charge on any atom is 0.164 e. The van der Waals surface area contributed by atoms with Crippen LogP contribution < -0.4 is 0 Å². The maximum atomic E-state index is 5.20. The maximum absolute atomic E-state index is 5.20. The van der Waals surface area contributed by atoms with Crippen molar-refractivity contribution in [2.75, 3.05) is 0 Å². The number of nitrogens with zero attached hydrogens (tertiary/aromatic N) is 3. The molecule has 2 aliphatic carbocycles. The highest BCUT2D eigenvalue weighted by Crippen LogP contribution is 2.65. The Morgan fingerprint density at radius 3 is 1.68 bits per heavy atom. The Morgan fingerprint density at radius 1 is 0.380 bits per heavy atom. The van der Waals surface area contributed by atoms with E-state index in [0.29, 0.717) is 17.5 Å². The van der Waals surface area contributed by atoms with E-state index < -0.39 is 5.41 Å². The molecule has 1 unspecified atom stereocenters. The number of para-hydroxylation sites is 1. The van der Waals surface area contributed by atoms with Gasteiger partial charge in [0, 0.05) is 38.5 Å². The first-order valence-corrected chi connectivity index (χ1v) is 17.0. The monoisotopic (exact) mass is 636 g/mol. The number of H-pyrrole nitrogens is 1. The molecule has 2 aliphatic rings. The summed E-state index contributed by atoms with van der Waals surface area (Å²) in [5.74, 6) is 1.98. The Balaban J connectivity index is 1.26. The minimum absolute atomic E-state index is 0.536. The minimum atomic E-state index is -0.536. The molecule has 1 spiro atoms. The summed E-state index contributed by atoms with van der Waals surface area (Å²) in [5, 5.41) is 2.48. The average Bonchev–Trinajstić information content (AvgIpc) is 3.82. The Labute approximate surface area is 288 Å². The van der Waals surface area contributed by atoms with Gasteiger partial charge in [-0.05, 0) is 45.0 Å². The van der Waals surface area contributed by atoms with Crippen LogP contribution in [0.15, 0.2) is 164 Å². The molecule has 50 heavy (non-hydrogen) atoms. The van der Waals surface area contributed by atoms with Crippen LogP contribution in [0.3, 0.4) is 0 Å². The largest absolute Gasteiger partial charge is 0.354 e. The van der Waals surface area contributed by atoms with Crippen molar-refractivity contribution in [3.63, 3.8) is 0 Å². The number of aromatic amines is 1. The molecule has 232 valence electrons. The number of hydrogen-bond donors (Lipinski definition) is 1. The number of benzene rings is 7. The van der Waals surface area contributed by atoms with E-state index in [1.807, 2.05) is 36.4 Å². The lowest BCUT2D eigenvalue weighted by molar-refractivity contribution is 0.799. The molecule has 4 heteroatoms. The van der Waals surface area contributed by atoms with Gasteiger partial charge in [0.25, 0.3) is 0 Å². The van der Waals surface area contributed by atoms with E-state index in [9.17, 15) is 0 Å². The first-order chi connectivity index (χ1) is 24.8. The third-order valence-corrected chi connectivity index (χ3v) is 10.7. The van der Waals surface area contributed by atoms with Gasteiger partial charge in [-0.1, -0.05) is 158 Å². The van der Waals surface area contributed by atoms with E-state index in [1.165, 1.54) is 60.8 Å². The van der Waals surface area contributed by atoms with Crippen molar-refractivity contribution in [3.8, 4) is 56.4 Å². The Kier molecular flexibility index (Phi) is 5.56. The molecule has 0 saturated carbocycles. The Bertz CT molecular complexity index is 2760. The first-order valence-electron chi connectivity index (χ1n) is 17.0. The molecule has 0 fully saturated rings. The highest BCUT2D eigenvalue weighted by molar-refractivity contribution is 6.13. The molecule has 7 aromatic carbocycles. The van der Waals surface area contributed by atoms with E-state index in [2.05, 4.69) is 132 Å². The number of fused-ring (bicyclic) bond motifs is 14. The van der Waals surface area contributed by atoms with Crippen LogP contribution >= 0.6 is 0 Å². The molecule has 1 N–H and O–H groups in total. The molecule has 0 aliphatic heterocycles.